The van der Waals surface area contributed by atoms with Gasteiger partial charge < -0.3 is 25.6 Å². The topological polar surface area (TPSA) is 125 Å². The molecule has 8 nitrogen and oxygen atoms in total. The first-order chi connectivity index (χ1) is 15.5. The zero-order valence-corrected chi connectivity index (χ0v) is 17.5. The first-order valence-electron chi connectivity index (χ1n) is 9.82. The van der Waals surface area contributed by atoms with Crippen molar-refractivity contribution in [2.24, 2.45) is 0 Å². The molecule has 2 aromatic rings. The van der Waals surface area contributed by atoms with Gasteiger partial charge in [0.05, 0.1) is 11.7 Å². The molecular weight excluding hydrogens is 445 g/mol. The molecule has 0 bridgehead atoms. The fourth-order valence-electron chi connectivity index (χ4n) is 2.87. The monoisotopic (exact) mass is 468 g/mol. The van der Waals surface area contributed by atoms with Gasteiger partial charge in [-0.05, 0) is 24.1 Å². The Balaban J connectivity index is 2.03. The molecule has 0 radical (unpaired) electrons. The van der Waals surface area contributed by atoms with Crippen LogP contribution in [0, 0.1) is 0 Å². The van der Waals surface area contributed by atoms with Crippen molar-refractivity contribution in [1.82, 2.24) is 10.6 Å². The largest absolute Gasteiger partial charge is 0.480 e. The lowest BCUT2D eigenvalue weighted by molar-refractivity contribution is -0.142. The number of amides is 2. The molecule has 3 atom stereocenters. The van der Waals surface area contributed by atoms with Crippen molar-refractivity contribution in [2.75, 3.05) is 0 Å². The molecule has 0 heterocycles. The highest BCUT2D eigenvalue weighted by Gasteiger charge is 2.32. The molecule has 11 heteroatoms. The average Bonchev–Trinajstić information content (AvgIpc) is 2.75. The molecule has 0 unspecified atom stereocenters. The van der Waals surface area contributed by atoms with Gasteiger partial charge in [-0.3, -0.25) is 4.79 Å². The molecule has 178 valence electrons. The number of nitrogens with one attached hydrogen (secondary N) is 2. The molecule has 0 saturated carbocycles. The lowest BCUT2D eigenvalue weighted by Gasteiger charge is -2.23. The van der Waals surface area contributed by atoms with Crippen molar-refractivity contribution in [2.45, 2.75) is 44.3 Å². The minimum absolute atomic E-state index is 0.0290. The molecule has 4 N–H and O–H groups in total. The van der Waals surface area contributed by atoms with Crippen LogP contribution < -0.4 is 10.6 Å². The summed E-state index contributed by atoms with van der Waals surface area (Å²) in [5.41, 5.74) is -0.251. The number of carboxylic acid groups (broad SMARTS) is 1. The predicted molar refractivity (Wildman–Crippen MR) is 110 cm³/mol. The lowest BCUT2D eigenvalue weighted by Crippen LogP contribution is -2.56. The van der Waals surface area contributed by atoms with Gasteiger partial charge >= 0.3 is 18.2 Å². The van der Waals surface area contributed by atoms with E-state index in [1.165, 1.54) is 13.0 Å². The van der Waals surface area contributed by atoms with Crippen LogP contribution in [0.5, 0.6) is 0 Å². The number of rotatable bonds is 9. The Kier molecular flexibility index (Phi) is 8.80. The van der Waals surface area contributed by atoms with Gasteiger partial charge in [-0.15, -0.1) is 0 Å². The second kappa shape index (κ2) is 11.3. The van der Waals surface area contributed by atoms with Crippen molar-refractivity contribution in [3.05, 3.63) is 71.3 Å². The van der Waals surface area contributed by atoms with Crippen LogP contribution in [-0.4, -0.2) is 46.4 Å². The van der Waals surface area contributed by atoms with Crippen LogP contribution in [0.4, 0.5) is 18.0 Å². The van der Waals surface area contributed by atoms with E-state index in [9.17, 15) is 37.8 Å². The Morgan fingerprint density at radius 1 is 1.00 bits per heavy atom. The zero-order chi connectivity index (χ0) is 24.6. The van der Waals surface area contributed by atoms with Gasteiger partial charge in [0, 0.05) is 6.42 Å². The van der Waals surface area contributed by atoms with E-state index in [1.54, 1.807) is 30.3 Å². The maximum Gasteiger partial charge on any atom is 0.416 e. The van der Waals surface area contributed by atoms with E-state index < -0.39 is 54.3 Å². The van der Waals surface area contributed by atoms with Crippen molar-refractivity contribution >= 4 is 18.0 Å². The van der Waals surface area contributed by atoms with Crippen LogP contribution in [0.2, 0.25) is 0 Å². The normalized spacial score (nSPS) is 14.0. The molecule has 0 fully saturated rings. The number of carbonyl (C=O) groups is 3. The van der Waals surface area contributed by atoms with Crippen molar-refractivity contribution in [3.8, 4) is 0 Å². The number of benzene rings is 2. The summed E-state index contributed by atoms with van der Waals surface area (Å²) in [5, 5.41) is 23.6. The average molecular weight is 468 g/mol. The van der Waals surface area contributed by atoms with Gasteiger partial charge in [-0.1, -0.05) is 48.5 Å². The minimum Gasteiger partial charge on any atom is -0.480 e. The number of carboxylic acids is 1. The second-order valence-corrected chi connectivity index (χ2v) is 7.23. The Bertz CT molecular complexity index is 966. The summed E-state index contributed by atoms with van der Waals surface area (Å²) in [7, 11) is 0. The van der Waals surface area contributed by atoms with Gasteiger partial charge in [0.25, 0.3) is 0 Å². The van der Waals surface area contributed by atoms with Gasteiger partial charge in [-0.2, -0.15) is 13.2 Å². The number of halogens is 3. The summed E-state index contributed by atoms with van der Waals surface area (Å²) in [5.74, 6) is -2.54. The Labute approximate surface area is 187 Å². The highest BCUT2D eigenvalue weighted by Crippen LogP contribution is 2.29. The third-order valence-corrected chi connectivity index (χ3v) is 4.56. The summed E-state index contributed by atoms with van der Waals surface area (Å²) in [6.07, 6.45) is -7.50. The van der Waals surface area contributed by atoms with Crippen LogP contribution in [0.15, 0.2) is 54.6 Å². The number of carbonyl (C=O) groups excluding carboxylic acids is 2. The molecule has 33 heavy (non-hydrogen) atoms. The summed E-state index contributed by atoms with van der Waals surface area (Å²) in [6.45, 7) is 1.10. The molecular formula is C22H23F3N2O6. The first kappa shape index (κ1) is 25.7. The Morgan fingerprint density at radius 3 is 2.21 bits per heavy atom. The van der Waals surface area contributed by atoms with Gasteiger partial charge in [-0.25, -0.2) is 9.59 Å². The first-order valence-corrected chi connectivity index (χ1v) is 9.82. The highest BCUT2D eigenvalue weighted by molar-refractivity contribution is 5.89. The smallest absolute Gasteiger partial charge is 0.416 e. The summed E-state index contributed by atoms with van der Waals surface area (Å²) in [4.78, 5) is 36.2. The van der Waals surface area contributed by atoms with E-state index in [0.717, 1.165) is 18.2 Å². The molecule has 0 spiro atoms. The summed E-state index contributed by atoms with van der Waals surface area (Å²) in [6, 6.07) is 9.54. The maximum absolute atomic E-state index is 12.9. The van der Waals surface area contributed by atoms with Crippen molar-refractivity contribution in [1.29, 1.82) is 0 Å². The molecule has 2 aromatic carbocycles. The minimum atomic E-state index is -4.61. The number of hydrogen-bond donors (Lipinski definition) is 4. The fraction of sp³-hybridized carbons (Fsp3) is 0.318. The second-order valence-electron chi connectivity index (χ2n) is 7.23. The number of hydrogen-bond acceptors (Lipinski definition) is 5. The third-order valence-electron chi connectivity index (χ3n) is 4.56. The van der Waals surface area contributed by atoms with E-state index in [4.69, 9.17) is 4.74 Å². The number of aliphatic hydroxyl groups is 1. The Hall–Kier alpha value is -3.60. The van der Waals surface area contributed by atoms with Crippen LogP contribution in [0.1, 0.15) is 23.6 Å². The van der Waals surface area contributed by atoms with E-state index in [1.807, 2.05) is 0 Å². The third kappa shape index (κ3) is 8.11. The predicted octanol–water partition coefficient (Wildman–Crippen LogP) is 2.49. The molecule has 0 aliphatic rings. The summed E-state index contributed by atoms with van der Waals surface area (Å²) >= 11 is 0. The maximum atomic E-state index is 12.9. The van der Waals surface area contributed by atoms with Gasteiger partial charge in [0.15, 0.2) is 0 Å². The van der Waals surface area contributed by atoms with Gasteiger partial charge in [0.1, 0.15) is 18.7 Å². The van der Waals surface area contributed by atoms with Crippen LogP contribution >= 0.6 is 0 Å². The molecule has 2 amide bonds. The summed E-state index contributed by atoms with van der Waals surface area (Å²) < 4.78 is 43.7. The Morgan fingerprint density at radius 2 is 1.64 bits per heavy atom. The molecule has 0 aliphatic carbocycles. The van der Waals surface area contributed by atoms with Crippen molar-refractivity contribution < 1.29 is 42.5 Å². The highest BCUT2D eigenvalue weighted by atomic mass is 19.4. The standard InChI is InChI=1S/C22H23F3N2O6/c1-13(28)18(27-21(32)33-12-14-6-3-2-4-7-14)19(29)26-17(20(30)31)11-15-8-5-9-16(10-15)22(23,24)25/h2-10,13,17-18,28H,11-12H2,1H3,(H,26,29)(H,27,32)(H,30,31)/t13-,17+,18+/m1/s1. The van der Waals surface area contributed by atoms with E-state index >= 15 is 0 Å². The van der Waals surface area contributed by atoms with E-state index in [0.29, 0.717) is 5.56 Å². The van der Waals surface area contributed by atoms with E-state index in [2.05, 4.69) is 10.6 Å². The molecule has 0 aliphatic heterocycles. The molecule has 0 saturated heterocycles. The van der Waals surface area contributed by atoms with Gasteiger partial charge in [0.2, 0.25) is 5.91 Å². The lowest BCUT2D eigenvalue weighted by atomic mass is 10.0. The van der Waals surface area contributed by atoms with Crippen molar-refractivity contribution in [3.63, 3.8) is 0 Å². The fourth-order valence-corrected chi connectivity index (χ4v) is 2.87. The van der Waals surface area contributed by atoms with Crippen LogP contribution in [-0.2, 0) is 33.5 Å². The van der Waals surface area contributed by atoms with E-state index in [-0.39, 0.29) is 12.2 Å². The quantitative estimate of drug-likeness (QED) is 0.448. The number of aliphatic hydroxyl groups excluding tert-OH is 1. The number of ether oxygens (including phenoxy) is 1. The SMILES string of the molecule is C[C@@H](O)[C@H](NC(=O)OCc1ccccc1)C(=O)N[C@@H](Cc1cccc(C(F)(F)F)c1)C(=O)O. The number of aliphatic carboxylic acids is 1. The zero-order valence-electron chi connectivity index (χ0n) is 17.5. The number of alkyl carbamates (subject to hydrolysis) is 1. The number of alkyl halides is 3. The van der Waals surface area contributed by atoms with Crippen LogP contribution in [0.3, 0.4) is 0 Å². The molecule has 0 aromatic heterocycles. The molecule has 2 rings (SSSR count). The van der Waals surface area contributed by atoms with Crippen LogP contribution in [0.25, 0.3) is 0 Å².